The normalized spacial score (nSPS) is 11.8. The smallest absolute Gasteiger partial charge is 0.406 e. The van der Waals surface area contributed by atoms with Gasteiger partial charge in [0, 0.05) is 11.3 Å². The summed E-state index contributed by atoms with van der Waals surface area (Å²) in [5, 5.41) is 0. The van der Waals surface area contributed by atoms with Crippen LogP contribution in [0.15, 0.2) is 48.5 Å². The zero-order valence-electron chi connectivity index (χ0n) is 10.4. The van der Waals surface area contributed by atoms with E-state index in [1.54, 1.807) is 12.2 Å². The third-order valence-electron chi connectivity index (χ3n) is 2.55. The van der Waals surface area contributed by atoms with Gasteiger partial charge in [-0.3, -0.25) is 0 Å². The molecule has 104 valence electrons. The molecule has 0 bridgehead atoms. The van der Waals surface area contributed by atoms with Crippen molar-refractivity contribution in [3.63, 3.8) is 0 Å². The quantitative estimate of drug-likeness (QED) is 0.670. The van der Waals surface area contributed by atoms with Crippen LogP contribution < -0.4 is 10.5 Å². The molecule has 0 aliphatic carbocycles. The lowest BCUT2D eigenvalue weighted by atomic mass is 10.1. The van der Waals surface area contributed by atoms with E-state index in [2.05, 4.69) is 4.74 Å². The molecule has 0 fully saturated rings. The van der Waals surface area contributed by atoms with Crippen LogP contribution in [0, 0.1) is 0 Å². The molecule has 5 heteroatoms. The van der Waals surface area contributed by atoms with E-state index >= 15 is 0 Å². The predicted octanol–water partition coefficient (Wildman–Crippen LogP) is 4.34. The summed E-state index contributed by atoms with van der Waals surface area (Å²) in [6.07, 6.45) is -1.30. The van der Waals surface area contributed by atoms with E-state index in [4.69, 9.17) is 5.73 Å². The van der Waals surface area contributed by atoms with E-state index in [1.807, 2.05) is 30.3 Å². The highest BCUT2D eigenvalue weighted by atomic mass is 19.4. The maximum absolute atomic E-state index is 12.2. The molecular formula is C15H12F3NO. The highest BCUT2D eigenvalue weighted by Crippen LogP contribution is 2.27. The molecule has 0 saturated heterocycles. The van der Waals surface area contributed by atoms with Crippen LogP contribution in [0.1, 0.15) is 11.1 Å². The molecular weight excluding hydrogens is 267 g/mol. The van der Waals surface area contributed by atoms with Crippen LogP contribution in [0.2, 0.25) is 0 Å². The Labute approximate surface area is 114 Å². The topological polar surface area (TPSA) is 35.2 Å². The van der Waals surface area contributed by atoms with Gasteiger partial charge in [-0.15, -0.1) is 13.2 Å². The van der Waals surface area contributed by atoms with Gasteiger partial charge in [0.2, 0.25) is 0 Å². The molecule has 0 aromatic heterocycles. The molecule has 2 nitrogen and oxygen atoms in total. The number of halogens is 3. The third kappa shape index (κ3) is 4.05. The van der Waals surface area contributed by atoms with Crippen molar-refractivity contribution >= 4 is 17.8 Å². The van der Waals surface area contributed by atoms with Crippen LogP contribution in [0.4, 0.5) is 18.9 Å². The fraction of sp³-hybridized carbons (Fsp3) is 0.0667. The molecule has 0 atom stereocenters. The van der Waals surface area contributed by atoms with Gasteiger partial charge < -0.3 is 10.5 Å². The van der Waals surface area contributed by atoms with Crippen molar-refractivity contribution in [2.45, 2.75) is 6.36 Å². The first kappa shape index (κ1) is 14.0. The first-order chi connectivity index (χ1) is 9.44. The highest BCUT2D eigenvalue weighted by molar-refractivity contribution is 5.76. The summed E-state index contributed by atoms with van der Waals surface area (Å²) >= 11 is 0. The maximum Gasteiger partial charge on any atom is 0.573 e. The molecule has 0 spiro atoms. The van der Waals surface area contributed by atoms with Crippen LogP contribution in [-0.4, -0.2) is 6.36 Å². The van der Waals surface area contributed by atoms with E-state index < -0.39 is 6.36 Å². The zero-order chi connectivity index (χ0) is 14.6. The molecule has 0 aliphatic heterocycles. The number of nitrogens with two attached hydrogens (primary N) is 1. The minimum absolute atomic E-state index is 0.292. The monoisotopic (exact) mass is 279 g/mol. The van der Waals surface area contributed by atoms with E-state index in [-0.39, 0.29) is 5.75 Å². The molecule has 2 aromatic carbocycles. The number of hydrogen-bond acceptors (Lipinski definition) is 2. The predicted molar refractivity (Wildman–Crippen MR) is 72.9 cm³/mol. The third-order valence-corrected chi connectivity index (χ3v) is 2.55. The molecule has 2 aromatic rings. The summed E-state index contributed by atoms with van der Waals surface area (Å²) in [6.45, 7) is 0. The molecule has 0 amide bonds. The first-order valence-corrected chi connectivity index (χ1v) is 5.82. The summed E-state index contributed by atoms with van der Waals surface area (Å²) in [7, 11) is 0. The van der Waals surface area contributed by atoms with E-state index in [9.17, 15) is 13.2 Å². The average Bonchev–Trinajstić information content (AvgIpc) is 2.39. The summed E-state index contributed by atoms with van der Waals surface area (Å²) in [4.78, 5) is 0. The molecule has 2 rings (SSSR count). The number of anilines is 1. The van der Waals surface area contributed by atoms with Gasteiger partial charge in [0.25, 0.3) is 0 Å². The Balaban J connectivity index is 2.23. The van der Waals surface area contributed by atoms with Crippen molar-refractivity contribution in [1.82, 2.24) is 0 Å². The number of ether oxygens (including phenoxy) is 1. The van der Waals surface area contributed by atoms with Crippen LogP contribution in [-0.2, 0) is 0 Å². The maximum atomic E-state index is 12.2. The number of benzene rings is 2. The molecule has 2 N–H and O–H groups in total. The van der Waals surface area contributed by atoms with Crippen molar-refractivity contribution in [1.29, 1.82) is 0 Å². The Morgan fingerprint density at radius 3 is 2.30 bits per heavy atom. The summed E-state index contributed by atoms with van der Waals surface area (Å²) < 4.78 is 40.3. The first-order valence-electron chi connectivity index (χ1n) is 5.82. The number of alkyl halides is 3. The van der Waals surface area contributed by atoms with Gasteiger partial charge in [-0.1, -0.05) is 42.5 Å². The Morgan fingerprint density at radius 2 is 1.65 bits per heavy atom. The molecule has 20 heavy (non-hydrogen) atoms. The fourth-order valence-corrected chi connectivity index (χ4v) is 1.64. The Kier molecular flexibility index (Phi) is 3.98. The lowest BCUT2D eigenvalue weighted by Crippen LogP contribution is -2.17. The lowest BCUT2D eigenvalue weighted by Gasteiger charge is -2.10. The second-order valence-corrected chi connectivity index (χ2v) is 4.08. The van der Waals surface area contributed by atoms with Crippen molar-refractivity contribution in [2.24, 2.45) is 0 Å². The van der Waals surface area contributed by atoms with Gasteiger partial charge in [0.05, 0.1) is 0 Å². The molecule has 0 radical (unpaired) electrons. The van der Waals surface area contributed by atoms with Crippen molar-refractivity contribution in [2.75, 3.05) is 5.73 Å². The molecule has 0 saturated carbocycles. The second kappa shape index (κ2) is 5.69. The largest absolute Gasteiger partial charge is 0.573 e. The van der Waals surface area contributed by atoms with Gasteiger partial charge in [-0.2, -0.15) is 0 Å². The van der Waals surface area contributed by atoms with Crippen LogP contribution in [0.5, 0.6) is 5.75 Å². The van der Waals surface area contributed by atoms with E-state index in [0.717, 1.165) is 5.56 Å². The Morgan fingerprint density at radius 1 is 0.950 bits per heavy atom. The standard InChI is InChI=1S/C15H12F3NO/c16-15(17,18)20-13-8-9-14(19)12(10-13)7-6-11-4-2-1-3-5-11/h1-10H,19H2/b7-6+. The van der Waals surface area contributed by atoms with Gasteiger partial charge >= 0.3 is 6.36 Å². The van der Waals surface area contributed by atoms with Crippen LogP contribution in [0.25, 0.3) is 12.2 Å². The van der Waals surface area contributed by atoms with Crippen molar-refractivity contribution < 1.29 is 17.9 Å². The number of hydrogen-bond donors (Lipinski definition) is 1. The van der Waals surface area contributed by atoms with Gasteiger partial charge in [0.1, 0.15) is 5.75 Å². The van der Waals surface area contributed by atoms with Gasteiger partial charge in [-0.05, 0) is 23.8 Å². The summed E-state index contributed by atoms with van der Waals surface area (Å²) in [6, 6.07) is 13.2. The van der Waals surface area contributed by atoms with Gasteiger partial charge in [0.15, 0.2) is 0 Å². The number of nitrogen functional groups attached to an aromatic ring is 1. The van der Waals surface area contributed by atoms with Crippen LogP contribution >= 0.6 is 0 Å². The van der Waals surface area contributed by atoms with Crippen molar-refractivity contribution in [3.8, 4) is 5.75 Å². The zero-order valence-corrected chi connectivity index (χ0v) is 10.4. The van der Waals surface area contributed by atoms with Gasteiger partial charge in [-0.25, -0.2) is 0 Å². The second-order valence-electron chi connectivity index (χ2n) is 4.08. The average molecular weight is 279 g/mol. The summed E-state index contributed by atoms with van der Waals surface area (Å²) in [5.74, 6) is -0.292. The minimum Gasteiger partial charge on any atom is -0.406 e. The van der Waals surface area contributed by atoms with E-state index in [0.29, 0.717) is 11.3 Å². The number of rotatable bonds is 3. The SMILES string of the molecule is Nc1ccc(OC(F)(F)F)cc1/C=C/c1ccccc1. The Hall–Kier alpha value is -2.43. The fourth-order valence-electron chi connectivity index (χ4n) is 1.64. The van der Waals surface area contributed by atoms with Crippen LogP contribution in [0.3, 0.4) is 0 Å². The lowest BCUT2D eigenvalue weighted by molar-refractivity contribution is -0.274. The van der Waals surface area contributed by atoms with Crippen molar-refractivity contribution in [3.05, 3.63) is 59.7 Å². The molecule has 0 unspecified atom stereocenters. The minimum atomic E-state index is -4.71. The highest BCUT2D eigenvalue weighted by Gasteiger charge is 2.31. The summed E-state index contributed by atoms with van der Waals surface area (Å²) in [5.41, 5.74) is 7.50. The molecule has 0 heterocycles. The van der Waals surface area contributed by atoms with E-state index in [1.165, 1.54) is 18.2 Å². The Bertz CT molecular complexity index is 606. The molecule has 0 aliphatic rings.